The fourth-order valence-electron chi connectivity index (χ4n) is 1.65. The van der Waals surface area contributed by atoms with E-state index in [1.54, 1.807) is 25.3 Å². The van der Waals surface area contributed by atoms with E-state index >= 15 is 0 Å². The maximum Gasteiger partial charge on any atom is 0.355 e. The average Bonchev–Trinajstić information content (AvgIpc) is 2.46. The second-order valence-corrected chi connectivity index (χ2v) is 4.53. The number of nitrogens with zero attached hydrogens (tertiary/aromatic N) is 1. The van der Waals surface area contributed by atoms with Crippen molar-refractivity contribution < 1.29 is 9.15 Å². The van der Waals surface area contributed by atoms with E-state index in [1.807, 2.05) is 24.5 Å². The number of thioether (sulfide) groups is 1. The predicted molar refractivity (Wildman–Crippen MR) is 73.5 cm³/mol. The zero-order chi connectivity index (χ0) is 13.8. The van der Waals surface area contributed by atoms with Crippen molar-refractivity contribution in [2.75, 3.05) is 13.4 Å². The van der Waals surface area contributed by atoms with Gasteiger partial charge in [0.25, 0.3) is 0 Å². The molecule has 1 aromatic heterocycles. The van der Waals surface area contributed by atoms with Crippen LogP contribution in [0.25, 0.3) is 11.3 Å². The van der Waals surface area contributed by atoms with E-state index in [9.17, 15) is 4.79 Å². The van der Waals surface area contributed by atoms with Crippen LogP contribution in [0, 0.1) is 11.3 Å². The summed E-state index contributed by atoms with van der Waals surface area (Å²) in [6.45, 7) is 0. The SMILES string of the molecule is COc1cccc(-c2cc(SC)c(C#N)c(=O)o2)c1. The van der Waals surface area contributed by atoms with Gasteiger partial charge in [0.15, 0.2) is 5.56 Å². The van der Waals surface area contributed by atoms with E-state index in [2.05, 4.69) is 0 Å². The third-order valence-corrected chi connectivity index (χ3v) is 3.36. The molecule has 0 aliphatic rings. The highest BCUT2D eigenvalue weighted by Crippen LogP contribution is 2.27. The van der Waals surface area contributed by atoms with Crippen molar-refractivity contribution in [1.29, 1.82) is 5.26 Å². The largest absolute Gasteiger partial charge is 0.497 e. The molecule has 0 fully saturated rings. The lowest BCUT2D eigenvalue weighted by Crippen LogP contribution is -2.06. The van der Waals surface area contributed by atoms with E-state index < -0.39 is 5.63 Å². The Kier molecular flexibility index (Phi) is 3.93. The lowest BCUT2D eigenvalue weighted by Gasteiger charge is -2.05. The van der Waals surface area contributed by atoms with E-state index in [1.165, 1.54) is 11.8 Å². The minimum atomic E-state index is -0.618. The zero-order valence-electron chi connectivity index (χ0n) is 10.5. The van der Waals surface area contributed by atoms with Gasteiger partial charge in [-0.2, -0.15) is 5.26 Å². The molecule has 0 amide bonds. The third kappa shape index (κ3) is 2.64. The molecule has 1 heterocycles. The number of methoxy groups -OCH3 is 1. The molecule has 2 aromatic rings. The maximum absolute atomic E-state index is 11.7. The molecule has 0 aliphatic carbocycles. The molecule has 0 radical (unpaired) electrons. The van der Waals surface area contributed by atoms with Crippen molar-refractivity contribution in [3.8, 4) is 23.1 Å². The molecule has 19 heavy (non-hydrogen) atoms. The molecule has 0 saturated heterocycles. The first kappa shape index (κ1) is 13.2. The summed E-state index contributed by atoms with van der Waals surface area (Å²) in [6.07, 6.45) is 1.81. The van der Waals surface area contributed by atoms with Gasteiger partial charge < -0.3 is 9.15 Å². The first-order valence-electron chi connectivity index (χ1n) is 5.46. The van der Waals surface area contributed by atoms with Crippen LogP contribution >= 0.6 is 11.8 Å². The zero-order valence-corrected chi connectivity index (χ0v) is 11.3. The normalized spacial score (nSPS) is 9.95. The van der Waals surface area contributed by atoms with Gasteiger partial charge in [0.05, 0.1) is 7.11 Å². The predicted octanol–water partition coefficient (Wildman–Crippen LogP) is 2.91. The second-order valence-electron chi connectivity index (χ2n) is 3.69. The highest BCUT2D eigenvalue weighted by Gasteiger charge is 2.12. The molecule has 0 saturated carbocycles. The monoisotopic (exact) mass is 273 g/mol. The van der Waals surface area contributed by atoms with Gasteiger partial charge in [0, 0.05) is 10.5 Å². The highest BCUT2D eigenvalue weighted by atomic mass is 32.2. The van der Waals surface area contributed by atoms with E-state index in [0.717, 1.165) is 5.56 Å². The molecule has 1 aromatic carbocycles. The van der Waals surface area contributed by atoms with Crippen molar-refractivity contribution in [2.24, 2.45) is 0 Å². The smallest absolute Gasteiger partial charge is 0.355 e. The molecule has 0 bridgehead atoms. The Hall–Kier alpha value is -2.19. The second kappa shape index (κ2) is 5.63. The topological polar surface area (TPSA) is 63.2 Å². The molecule has 0 atom stereocenters. The van der Waals surface area contributed by atoms with Gasteiger partial charge in [-0.15, -0.1) is 11.8 Å². The molecule has 0 spiro atoms. The van der Waals surface area contributed by atoms with Crippen molar-refractivity contribution >= 4 is 11.8 Å². The molecule has 0 unspecified atom stereocenters. The molecule has 0 N–H and O–H groups in total. The Morgan fingerprint density at radius 3 is 2.79 bits per heavy atom. The van der Waals surface area contributed by atoms with Crippen LogP contribution in [0.3, 0.4) is 0 Å². The fourth-order valence-corrected chi connectivity index (χ4v) is 2.21. The van der Waals surface area contributed by atoms with Gasteiger partial charge in [-0.3, -0.25) is 0 Å². The highest BCUT2D eigenvalue weighted by molar-refractivity contribution is 7.98. The Labute approximate surface area is 114 Å². The molecule has 5 heteroatoms. The number of ether oxygens (including phenoxy) is 1. The van der Waals surface area contributed by atoms with Crippen LogP contribution in [0.2, 0.25) is 0 Å². The lowest BCUT2D eigenvalue weighted by atomic mass is 10.1. The first-order chi connectivity index (χ1) is 9.19. The van der Waals surface area contributed by atoms with Crippen LogP contribution in [-0.4, -0.2) is 13.4 Å². The Morgan fingerprint density at radius 1 is 1.37 bits per heavy atom. The number of nitriles is 1. The third-order valence-electron chi connectivity index (χ3n) is 2.60. The molecular formula is C14H11NO3S. The van der Waals surface area contributed by atoms with Gasteiger partial charge in [-0.25, -0.2) is 4.79 Å². The van der Waals surface area contributed by atoms with Crippen LogP contribution in [0.15, 0.2) is 44.4 Å². The quantitative estimate of drug-likeness (QED) is 0.804. The number of hydrogen-bond acceptors (Lipinski definition) is 5. The molecule has 4 nitrogen and oxygen atoms in total. The standard InChI is InChI=1S/C14H11NO3S/c1-17-10-5-3-4-9(6-10)12-7-13(19-2)11(8-15)14(16)18-12/h3-7H,1-2H3. The maximum atomic E-state index is 11.7. The summed E-state index contributed by atoms with van der Waals surface area (Å²) in [6, 6.07) is 10.8. The Bertz CT molecular complexity index is 701. The van der Waals surface area contributed by atoms with Gasteiger partial charge in [-0.1, -0.05) is 12.1 Å². The van der Waals surface area contributed by atoms with Crippen molar-refractivity contribution in [2.45, 2.75) is 4.90 Å². The first-order valence-corrected chi connectivity index (χ1v) is 6.68. The van der Waals surface area contributed by atoms with E-state index in [-0.39, 0.29) is 5.56 Å². The van der Waals surface area contributed by atoms with Crippen molar-refractivity contribution in [1.82, 2.24) is 0 Å². The molecule has 0 aliphatic heterocycles. The summed E-state index contributed by atoms with van der Waals surface area (Å²) in [7, 11) is 1.57. The summed E-state index contributed by atoms with van der Waals surface area (Å²) in [5.41, 5.74) is 0.155. The minimum Gasteiger partial charge on any atom is -0.497 e. The van der Waals surface area contributed by atoms with Crippen LogP contribution in [0.1, 0.15) is 5.56 Å². The summed E-state index contributed by atoms with van der Waals surface area (Å²) in [5.74, 6) is 1.10. The van der Waals surface area contributed by atoms with E-state index in [0.29, 0.717) is 16.4 Å². The summed E-state index contributed by atoms with van der Waals surface area (Å²) in [5, 5.41) is 8.93. The lowest BCUT2D eigenvalue weighted by molar-refractivity contribution is 0.414. The molecule has 2 rings (SSSR count). The van der Waals surface area contributed by atoms with Crippen molar-refractivity contribution in [3.05, 3.63) is 46.3 Å². The number of benzene rings is 1. The van der Waals surface area contributed by atoms with Crippen LogP contribution in [0.4, 0.5) is 0 Å². The van der Waals surface area contributed by atoms with Gasteiger partial charge in [-0.05, 0) is 24.5 Å². The molecular weight excluding hydrogens is 262 g/mol. The average molecular weight is 273 g/mol. The van der Waals surface area contributed by atoms with E-state index in [4.69, 9.17) is 14.4 Å². The van der Waals surface area contributed by atoms with Gasteiger partial charge in [0.2, 0.25) is 0 Å². The minimum absolute atomic E-state index is 0.0409. The summed E-state index contributed by atoms with van der Waals surface area (Å²) >= 11 is 1.34. The molecule has 96 valence electrons. The van der Waals surface area contributed by atoms with Crippen molar-refractivity contribution in [3.63, 3.8) is 0 Å². The van der Waals surface area contributed by atoms with Gasteiger partial charge in [0.1, 0.15) is 17.6 Å². The number of rotatable bonds is 3. The summed E-state index contributed by atoms with van der Waals surface area (Å²) < 4.78 is 10.3. The fraction of sp³-hybridized carbons (Fsp3) is 0.143. The Balaban J connectivity index is 2.60. The summed E-state index contributed by atoms with van der Waals surface area (Å²) in [4.78, 5) is 12.4. The Morgan fingerprint density at radius 2 is 2.16 bits per heavy atom. The van der Waals surface area contributed by atoms with Crippen LogP contribution < -0.4 is 10.4 Å². The van der Waals surface area contributed by atoms with Crippen LogP contribution in [0.5, 0.6) is 5.75 Å². The van der Waals surface area contributed by atoms with Crippen LogP contribution in [-0.2, 0) is 0 Å². The number of hydrogen-bond donors (Lipinski definition) is 0. The van der Waals surface area contributed by atoms with Gasteiger partial charge >= 0.3 is 5.63 Å².